The number of hydrogen-bond donors (Lipinski definition) is 11. The zero-order valence-corrected chi connectivity index (χ0v) is 34.7. The molecule has 342 valence electrons. The molecule has 59 heavy (non-hydrogen) atoms. The van der Waals surface area contributed by atoms with Crippen molar-refractivity contribution in [3.8, 4) is 0 Å². The molecular weight excluding hydrogens is 776 g/mol. The standard InChI is InChI=1S/C39H72N6O14/c1-2-30(47)16-8-3-4-9-17-34(50)43(56)25-14-6-11-23-41-33(49)19-21-36(52)45(58)27-15-7-12-24-42-32(48)18-20-35(51)44(57)26-13-5-10-22-40-29-39(55)38(54)37(53)31(28-46)59-39/h3-4,30-31,37-38,40,46-47,53-58H,2,5-29H2,1H3,(H,41,49)(H,42,48)/b4-3-/t30?,31-,37-,38+,39?/m1/s1. The predicted octanol–water partition coefficient (Wildman–Crippen LogP) is 0.222. The molecule has 5 atom stereocenters. The van der Waals surface area contributed by atoms with Crippen LogP contribution in [-0.4, -0.2) is 169 Å². The number of hydroxylamine groups is 6. The summed E-state index contributed by atoms with van der Waals surface area (Å²) in [6, 6.07) is 0. The summed E-state index contributed by atoms with van der Waals surface area (Å²) in [5, 5.41) is 88.8. The van der Waals surface area contributed by atoms with Crippen LogP contribution in [0.5, 0.6) is 0 Å². The van der Waals surface area contributed by atoms with Crippen LogP contribution in [0, 0.1) is 0 Å². The summed E-state index contributed by atoms with van der Waals surface area (Å²) in [7, 11) is 0. The number of amides is 5. The SMILES string of the molecule is CCC(O)CC/C=C\CCC(=O)N(O)CCCCCNC(=O)CCC(=O)N(O)CCCCCNC(=O)CCC(=O)N(O)CCCCCNCC1(O)O[C@H](CO)[C@@H](O)[C@@H]1O. The molecule has 0 radical (unpaired) electrons. The van der Waals surface area contributed by atoms with E-state index in [0.717, 1.165) is 6.42 Å². The number of carbonyl (C=O) groups excluding carboxylic acids is 5. The molecule has 11 N–H and O–H groups in total. The maximum Gasteiger partial charge on any atom is 0.246 e. The lowest BCUT2D eigenvalue weighted by atomic mass is 10.1. The van der Waals surface area contributed by atoms with Crippen molar-refractivity contribution in [1.29, 1.82) is 0 Å². The molecule has 0 aromatic rings. The summed E-state index contributed by atoms with van der Waals surface area (Å²) in [5.41, 5.74) is 0. The minimum atomic E-state index is -2.02. The zero-order valence-electron chi connectivity index (χ0n) is 34.7. The Kier molecular flexibility index (Phi) is 28.7. The van der Waals surface area contributed by atoms with Crippen LogP contribution in [0.2, 0.25) is 0 Å². The molecule has 0 aliphatic carbocycles. The molecule has 0 aromatic carbocycles. The van der Waals surface area contributed by atoms with Crippen LogP contribution in [0.25, 0.3) is 0 Å². The van der Waals surface area contributed by atoms with Gasteiger partial charge in [-0.1, -0.05) is 25.5 Å². The number of rotatable bonds is 34. The first-order valence-electron chi connectivity index (χ1n) is 21.1. The van der Waals surface area contributed by atoms with E-state index in [-0.39, 0.29) is 82.1 Å². The van der Waals surface area contributed by atoms with E-state index in [2.05, 4.69) is 16.0 Å². The van der Waals surface area contributed by atoms with E-state index >= 15 is 0 Å². The lowest BCUT2D eigenvalue weighted by Crippen LogP contribution is -2.50. The summed E-state index contributed by atoms with van der Waals surface area (Å²) in [4.78, 5) is 60.6. The van der Waals surface area contributed by atoms with Gasteiger partial charge in [-0.05, 0) is 83.6 Å². The molecular formula is C39H72N6O14. The van der Waals surface area contributed by atoms with Gasteiger partial charge in [0.15, 0.2) is 0 Å². The second kappa shape index (κ2) is 31.5. The molecule has 20 heteroatoms. The van der Waals surface area contributed by atoms with E-state index in [1.807, 2.05) is 19.1 Å². The molecule has 1 rings (SSSR count). The predicted molar refractivity (Wildman–Crippen MR) is 212 cm³/mol. The van der Waals surface area contributed by atoms with E-state index in [9.17, 15) is 60.0 Å². The molecule has 0 spiro atoms. The molecule has 20 nitrogen and oxygen atoms in total. The second-order valence-electron chi connectivity index (χ2n) is 14.9. The minimum absolute atomic E-state index is 0.0656. The molecule has 1 fully saturated rings. The normalized spacial score (nSPS) is 19.4. The first-order valence-corrected chi connectivity index (χ1v) is 21.1. The van der Waals surface area contributed by atoms with Crippen LogP contribution < -0.4 is 16.0 Å². The summed E-state index contributed by atoms with van der Waals surface area (Å²) < 4.78 is 5.14. The van der Waals surface area contributed by atoms with Gasteiger partial charge in [-0.2, -0.15) is 0 Å². The fourth-order valence-electron chi connectivity index (χ4n) is 6.02. The lowest BCUT2D eigenvalue weighted by Gasteiger charge is -2.26. The maximum absolute atomic E-state index is 12.2. The van der Waals surface area contributed by atoms with Gasteiger partial charge in [-0.3, -0.25) is 39.6 Å². The lowest BCUT2D eigenvalue weighted by molar-refractivity contribution is -0.226. The molecule has 1 aliphatic rings. The van der Waals surface area contributed by atoms with Crippen LogP contribution >= 0.6 is 0 Å². The molecule has 1 heterocycles. The monoisotopic (exact) mass is 849 g/mol. The van der Waals surface area contributed by atoms with Crippen molar-refractivity contribution in [2.24, 2.45) is 0 Å². The molecule has 0 bridgehead atoms. The Morgan fingerprint density at radius 3 is 1.59 bits per heavy atom. The van der Waals surface area contributed by atoms with Crippen LogP contribution in [0.15, 0.2) is 12.2 Å². The highest BCUT2D eigenvalue weighted by molar-refractivity contribution is 5.83. The van der Waals surface area contributed by atoms with Crippen molar-refractivity contribution in [2.45, 2.75) is 153 Å². The number of ether oxygens (including phenoxy) is 1. The highest BCUT2D eigenvalue weighted by Gasteiger charge is 2.52. The second-order valence-corrected chi connectivity index (χ2v) is 14.9. The number of carbonyl (C=O) groups is 5. The largest absolute Gasteiger partial charge is 0.394 e. The van der Waals surface area contributed by atoms with E-state index in [1.165, 1.54) is 0 Å². The number of hydrogen-bond acceptors (Lipinski definition) is 15. The smallest absolute Gasteiger partial charge is 0.246 e. The molecule has 5 amide bonds. The average molecular weight is 849 g/mol. The Labute approximate surface area is 347 Å². The van der Waals surface area contributed by atoms with E-state index < -0.39 is 42.5 Å². The average Bonchev–Trinajstić information content (AvgIpc) is 3.44. The van der Waals surface area contributed by atoms with Crippen molar-refractivity contribution in [2.75, 3.05) is 52.4 Å². The number of aliphatic hydroxyl groups is 5. The maximum atomic E-state index is 12.2. The van der Waals surface area contributed by atoms with E-state index in [0.29, 0.717) is 112 Å². The van der Waals surface area contributed by atoms with Gasteiger partial charge in [-0.15, -0.1) is 0 Å². The number of nitrogens with one attached hydrogen (secondary N) is 3. The van der Waals surface area contributed by atoms with Gasteiger partial charge in [0.1, 0.15) is 18.3 Å². The third-order valence-electron chi connectivity index (χ3n) is 9.87. The van der Waals surface area contributed by atoms with Gasteiger partial charge < -0.3 is 46.2 Å². The summed E-state index contributed by atoms with van der Waals surface area (Å²) in [6.45, 7) is 2.65. The number of aliphatic hydroxyl groups excluding tert-OH is 4. The highest BCUT2D eigenvalue weighted by atomic mass is 16.7. The molecule has 1 saturated heterocycles. The van der Waals surface area contributed by atoms with Gasteiger partial charge in [0, 0.05) is 64.8 Å². The van der Waals surface area contributed by atoms with Crippen molar-refractivity contribution >= 4 is 29.5 Å². The Hall–Kier alpha value is -3.31. The first-order chi connectivity index (χ1) is 28.1. The summed E-state index contributed by atoms with van der Waals surface area (Å²) in [6.07, 6.45) is 6.93. The Morgan fingerprint density at radius 1 is 0.678 bits per heavy atom. The molecule has 2 unspecified atom stereocenters. The fourth-order valence-corrected chi connectivity index (χ4v) is 6.02. The molecule has 0 aromatic heterocycles. The quantitative estimate of drug-likeness (QED) is 0.0179. The summed E-state index contributed by atoms with van der Waals surface area (Å²) in [5.74, 6) is -4.25. The van der Waals surface area contributed by atoms with Crippen molar-refractivity contribution in [3.05, 3.63) is 12.2 Å². The van der Waals surface area contributed by atoms with Gasteiger partial charge in [0.05, 0.1) is 19.3 Å². The van der Waals surface area contributed by atoms with Crippen LogP contribution in [0.4, 0.5) is 0 Å². The van der Waals surface area contributed by atoms with Gasteiger partial charge in [0.25, 0.3) is 0 Å². The van der Waals surface area contributed by atoms with Crippen molar-refractivity contribution in [1.82, 2.24) is 31.1 Å². The minimum Gasteiger partial charge on any atom is -0.394 e. The van der Waals surface area contributed by atoms with E-state index in [4.69, 9.17) is 9.84 Å². The molecule has 1 aliphatic heterocycles. The topological polar surface area (TPSA) is 302 Å². The Bertz CT molecular complexity index is 1250. The van der Waals surface area contributed by atoms with Gasteiger partial charge in [-0.25, -0.2) is 15.2 Å². The number of allylic oxidation sites excluding steroid dienone is 2. The number of unbranched alkanes of at least 4 members (excludes halogenated alkanes) is 6. The molecule has 0 saturated carbocycles. The van der Waals surface area contributed by atoms with E-state index in [1.54, 1.807) is 0 Å². The number of nitrogens with zero attached hydrogens (tertiary/aromatic N) is 3. The Balaban J connectivity index is 2.00. The first kappa shape index (κ1) is 53.7. The van der Waals surface area contributed by atoms with Crippen molar-refractivity contribution < 1.29 is 69.9 Å². The van der Waals surface area contributed by atoms with Gasteiger partial charge in [0.2, 0.25) is 35.3 Å². The van der Waals surface area contributed by atoms with Crippen LogP contribution in [0.1, 0.15) is 122 Å². The van der Waals surface area contributed by atoms with Gasteiger partial charge >= 0.3 is 0 Å². The third kappa shape index (κ3) is 23.9. The Morgan fingerprint density at radius 2 is 1.14 bits per heavy atom. The highest BCUT2D eigenvalue weighted by Crippen LogP contribution is 2.28. The zero-order chi connectivity index (χ0) is 44.1. The van der Waals surface area contributed by atoms with Crippen molar-refractivity contribution in [3.63, 3.8) is 0 Å². The summed E-state index contributed by atoms with van der Waals surface area (Å²) >= 11 is 0. The van der Waals surface area contributed by atoms with Crippen LogP contribution in [0.3, 0.4) is 0 Å². The fraction of sp³-hybridized carbons (Fsp3) is 0.821. The third-order valence-corrected chi connectivity index (χ3v) is 9.87. The van der Waals surface area contributed by atoms with Crippen LogP contribution in [-0.2, 0) is 28.7 Å².